The molecule has 0 aliphatic heterocycles. The van der Waals surface area contributed by atoms with E-state index in [0.717, 1.165) is 22.3 Å². The van der Waals surface area contributed by atoms with Crippen molar-refractivity contribution < 1.29 is 13.9 Å². The van der Waals surface area contributed by atoms with Crippen LogP contribution in [-0.2, 0) is 11.3 Å². The van der Waals surface area contributed by atoms with Crippen LogP contribution in [0.1, 0.15) is 32.1 Å². The Labute approximate surface area is 113 Å². The van der Waals surface area contributed by atoms with E-state index in [9.17, 15) is 4.79 Å². The number of carbonyl (C=O) groups is 1. The summed E-state index contributed by atoms with van der Waals surface area (Å²) < 4.78 is 10.4. The van der Waals surface area contributed by atoms with Crippen LogP contribution >= 0.6 is 0 Å². The highest BCUT2D eigenvalue weighted by molar-refractivity contribution is 5.81. The molecule has 2 rings (SSSR count). The number of carbonyl (C=O) groups excluding carboxylic acids is 1. The van der Waals surface area contributed by atoms with E-state index in [1.165, 1.54) is 0 Å². The van der Waals surface area contributed by atoms with E-state index in [1.54, 1.807) is 6.92 Å². The molecule has 0 spiro atoms. The Morgan fingerprint density at radius 3 is 2.74 bits per heavy atom. The molecule has 0 atom stereocenters. The first-order valence-corrected chi connectivity index (χ1v) is 6.59. The smallest absolute Gasteiger partial charge is 0.407 e. The number of para-hydroxylation sites is 1. The maximum Gasteiger partial charge on any atom is 0.407 e. The summed E-state index contributed by atoms with van der Waals surface area (Å²) in [5, 5.41) is 3.67. The van der Waals surface area contributed by atoms with E-state index in [2.05, 4.69) is 5.32 Å². The number of alkyl carbamates (subject to hydrolysis) is 1. The van der Waals surface area contributed by atoms with Crippen molar-refractivity contribution in [2.45, 2.75) is 34.2 Å². The molecule has 19 heavy (non-hydrogen) atoms. The molecule has 1 aromatic carbocycles. The highest BCUT2D eigenvalue weighted by Crippen LogP contribution is 2.22. The maximum absolute atomic E-state index is 11.1. The number of ether oxygens (including phenoxy) is 1. The van der Waals surface area contributed by atoms with Gasteiger partial charge in [0.2, 0.25) is 0 Å². The third kappa shape index (κ3) is 4.02. The summed E-state index contributed by atoms with van der Waals surface area (Å²) in [4.78, 5) is 11.1. The third-order valence-corrected chi connectivity index (χ3v) is 2.47. The molecule has 0 aliphatic carbocycles. The van der Waals surface area contributed by atoms with E-state index in [-0.39, 0.29) is 0 Å². The number of benzene rings is 1. The fraction of sp³-hybridized carbons (Fsp3) is 0.400. The molecule has 1 N–H and O–H groups in total. The lowest BCUT2D eigenvalue weighted by Crippen LogP contribution is -2.23. The summed E-state index contributed by atoms with van der Waals surface area (Å²) >= 11 is 0. The van der Waals surface area contributed by atoms with Gasteiger partial charge >= 0.3 is 6.09 Å². The number of nitrogens with one attached hydrogen (secondary N) is 1. The Balaban J connectivity index is 0.000000861. The normalized spacial score (nSPS) is 9.68. The standard InChI is InChI=1S/C13H15NO3.C2H6/c1-3-16-13(15)14-8-11-7-10-6-4-5-9(2)12(10)17-11;1-2/h4-7H,3,8H2,1-2H3,(H,14,15);1-2H3. The average Bonchev–Trinajstić information content (AvgIpc) is 2.84. The summed E-state index contributed by atoms with van der Waals surface area (Å²) in [6, 6.07) is 7.89. The van der Waals surface area contributed by atoms with E-state index in [4.69, 9.17) is 9.15 Å². The Hall–Kier alpha value is -1.97. The van der Waals surface area contributed by atoms with Crippen molar-refractivity contribution in [1.29, 1.82) is 0 Å². The Kier molecular flexibility index (Phi) is 5.93. The van der Waals surface area contributed by atoms with Gasteiger partial charge in [0.25, 0.3) is 0 Å². The second-order valence-electron chi connectivity index (χ2n) is 3.78. The van der Waals surface area contributed by atoms with E-state index >= 15 is 0 Å². The first kappa shape index (κ1) is 15.1. The summed E-state index contributed by atoms with van der Waals surface area (Å²) in [5.41, 5.74) is 1.96. The van der Waals surface area contributed by atoms with Crippen LogP contribution in [0.4, 0.5) is 4.79 Å². The maximum atomic E-state index is 11.1. The van der Waals surface area contributed by atoms with Crippen LogP contribution in [0.3, 0.4) is 0 Å². The molecule has 1 amide bonds. The van der Waals surface area contributed by atoms with Crippen LogP contribution < -0.4 is 5.32 Å². The van der Waals surface area contributed by atoms with E-state index in [1.807, 2.05) is 45.0 Å². The van der Waals surface area contributed by atoms with Crippen molar-refractivity contribution in [2.75, 3.05) is 6.61 Å². The molecule has 4 heteroatoms. The molecule has 0 saturated heterocycles. The molecule has 0 fully saturated rings. The van der Waals surface area contributed by atoms with Crippen LogP contribution in [0.15, 0.2) is 28.7 Å². The van der Waals surface area contributed by atoms with E-state index < -0.39 is 6.09 Å². The number of amides is 1. The topological polar surface area (TPSA) is 51.5 Å². The molecule has 1 aromatic heterocycles. The summed E-state index contributed by atoms with van der Waals surface area (Å²) in [6.07, 6.45) is -0.426. The van der Waals surface area contributed by atoms with Crippen LogP contribution in [0.5, 0.6) is 0 Å². The molecule has 2 aromatic rings. The second kappa shape index (κ2) is 7.46. The predicted molar refractivity (Wildman–Crippen MR) is 76.2 cm³/mol. The van der Waals surface area contributed by atoms with Gasteiger partial charge in [-0.2, -0.15) is 0 Å². The zero-order chi connectivity index (χ0) is 14.3. The van der Waals surface area contributed by atoms with Gasteiger partial charge in [-0.3, -0.25) is 0 Å². The molecule has 0 aliphatic rings. The highest BCUT2D eigenvalue weighted by Gasteiger charge is 2.07. The first-order chi connectivity index (χ1) is 9.20. The van der Waals surface area contributed by atoms with Gasteiger partial charge in [0.15, 0.2) is 0 Å². The first-order valence-electron chi connectivity index (χ1n) is 6.59. The lowest BCUT2D eigenvalue weighted by atomic mass is 10.2. The number of hydrogen-bond acceptors (Lipinski definition) is 3. The minimum absolute atomic E-state index is 0.340. The van der Waals surface area contributed by atoms with Gasteiger partial charge in [-0.15, -0.1) is 0 Å². The van der Waals surface area contributed by atoms with Gasteiger partial charge in [-0.25, -0.2) is 4.79 Å². The minimum atomic E-state index is -0.426. The van der Waals surface area contributed by atoms with Gasteiger partial charge in [-0.05, 0) is 25.5 Å². The molecule has 104 valence electrons. The highest BCUT2D eigenvalue weighted by atomic mass is 16.5. The molecule has 0 unspecified atom stereocenters. The fourth-order valence-electron chi connectivity index (χ4n) is 1.69. The molecular weight excluding hydrogens is 242 g/mol. The van der Waals surface area contributed by atoms with Crippen molar-refractivity contribution >= 4 is 17.1 Å². The van der Waals surface area contributed by atoms with Crippen molar-refractivity contribution in [3.8, 4) is 0 Å². The summed E-state index contributed by atoms with van der Waals surface area (Å²) in [5.74, 6) is 0.724. The van der Waals surface area contributed by atoms with Gasteiger partial charge in [0.05, 0.1) is 13.2 Å². The number of fused-ring (bicyclic) bond motifs is 1. The van der Waals surface area contributed by atoms with Crippen LogP contribution in [0.2, 0.25) is 0 Å². The Morgan fingerprint density at radius 1 is 1.37 bits per heavy atom. The zero-order valence-corrected chi connectivity index (χ0v) is 11.9. The van der Waals surface area contributed by atoms with Crippen molar-refractivity contribution in [2.24, 2.45) is 0 Å². The van der Waals surface area contributed by atoms with Gasteiger partial charge in [0.1, 0.15) is 11.3 Å². The lowest BCUT2D eigenvalue weighted by molar-refractivity contribution is 0.151. The second-order valence-corrected chi connectivity index (χ2v) is 3.78. The van der Waals surface area contributed by atoms with E-state index in [0.29, 0.717) is 13.2 Å². The van der Waals surface area contributed by atoms with Crippen molar-refractivity contribution in [1.82, 2.24) is 5.32 Å². The molecule has 0 bridgehead atoms. The number of rotatable bonds is 3. The number of hydrogen-bond donors (Lipinski definition) is 1. The fourth-order valence-corrected chi connectivity index (χ4v) is 1.69. The number of aryl methyl sites for hydroxylation is 1. The Bertz CT molecular complexity index is 531. The average molecular weight is 263 g/mol. The molecular formula is C15H21NO3. The monoisotopic (exact) mass is 263 g/mol. The predicted octanol–water partition coefficient (Wildman–Crippen LogP) is 4.01. The van der Waals surface area contributed by atoms with Crippen LogP contribution in [0.25, 0.3) is 11.0 Å². The summed E-state index contributed by atoms with van der Waals surface area (Å²) in [6.45, 7) is 8.47. The SMILES string of the molecule is CC.CCOC(=O)NCc1cc2cccc(C)c2o1. The largest absolute Gasteiger partial charge is 0.459 e. The molecule has 1 heterocycles. The Morgan fingerprint density at radius 2 is 2.11 bits per heavy atom. The molecule has 0 saturated carbocycles. The van der Waals surface area contributed by atoms with Gasteiger partial charge in [-0.1, -0.05) is 32.0 Å². The van der Waals surface area contributed by atoms with Crippen LogP contribution in [0, 0.1) is 6.92 Å². The van der Waals surface area contributed by atoms with Crippen molar-refractivity contribution in [3.63, 3.8) is 0 Å². The van der Waals surface area contributed by atoms with Gasteiger partial charge in [0, 0.05) is 5.39 Å². The summed E-state index contributed by atoms with van der Waals surface area (Å²) in [7, 11) is 0. The quantitative estimate of drug-likeness (QED) is 0.910. The number of furan rings is 1. The van der Waals surface area contributed by atoms with Gasteiger partial charge < -0.3 is 14.5 Å². The third-order valence-electron chi connectivity index (χ3n) is 2.47. The lowest BCUT2D eigenvalue weighted by Gasteiger charge is -2.02. The molecule has 4 nitrogen and oxygen atoms in total. The molecule has 0 radical (unpaired) electrons. The van der Waals surface area contributed by atoms with Crippen LogP contribution in [-0.4, -0.2) is 12.7 Å². The minimum Gasteiger partial charge on any atom is -0.459 e. The van der Waals surface area contributed by atoms with Crippen molar-refractivity contribution in [3.05, 3.63) is 35.6 Å². The zero-order valence-electron chi connectivity index (χ0n) is 11.9.